The van der Waals surface area contributed by atoms with E-state index in [0.717, 1.165) is 11.1 Å². The summed E-state index contributed by atoms with van der Waals surface area (Å²) in [6.45, 7) is 0. The first-order chi connectivity index (χ1) is 12.7. The number of thiazole rings is 1. The first-order valence-corrected chi connectivity index (χ1v) is 8.55. The number of pyridine rings is 1. The van der Waals surface area contributed by atoms with Crippen LogP contribution in [0.1, 0.15) is 5.56 Å². The molecule has 4 aromatic rings. The predicted octanol–water partition coefficient (Wildman–Crippen LogP) is 1.78. The summed E-state index contributed by atoms with van der Waals surface area (Å²) in [5, 5.41) is 4.32. The summed E-state index contributed by atoms with van der Waals surface area (Å²) < 4.78 is 12.4. The van der Waals surface area contributed by atoms with Crippen molar-refractivity contribution in [3.63, 3.8) is 0 Å². The number of ether oxygens (including phenoxy) is 2. The molecule has 7 nitrogen and oxygen atoms in total. The van der Waals surface area contributed by atoms with Crippen LogP contribution in [0.25, 0.3) is 22.4 Å². The maximum atomic E-state index is 12.6. The monoisotopic (exact) mass is 366 g/mol. The summed E-state index contributed by atoms with van der Waals surface area (Å²) in [6.07, 6.45) is 5.12. The second-order valence-electron chi connectivity index (χ2n) is 5.40. The van der Waals surface area contributed by atoms with Gasteiger partial charge in [0, 0.05) is 18.0 Å². The van der Waals surface area contributed by atoms with E-state index in [0.29, 0.717) is 26.8 Å². The van der Waals surface area contributed by atoms with Crippen molar-refractivity contribution in [3.8, 4) is 22.9 Å². The van der Waals surface area contributed by atoms with Crippen molar-refractivity contribution in [2.75, 3.05) is 14.2 Å². The molecule has 1 aromatic carbocycles. The highest BCUT2D eigenvalue weighted by atomic mass is 32.1. The van der Waals surface area contributed by atoms with Gasteiger partial charge in [-0.2, -0.15) is 9.50 Å². The molecule has 0 aliphatic rings. The third kappa shape index (κ3) is 2.80. The minimum absolute atomic E-state index is 0.201. The van der Waals surface area contributed by atoms with Gasteiger partial charge in [-0.15, -0.1) is 5.10 Å². The summed E-state index contributed by atoms with van der Waals surface area (Å²) in [6, 6.07) is 9.09. The van der Waals surface area contributed by atoms with Gasteiger partial charge in [0.25, 0.3) is 5.56 Å². The molecule has 0 spiro atoms. The van der Waals surface area contributed by atoms with Gasteiger partial charge in [0.2, 0.25) is 4.96 Å². The van der Waals surface area contributed by atoms with E-state index in [4.69, 9.17) is 9.47 Å². The van der Waals surface area contributed by atoms with Gasteiger partial charge < -0.3 is 9.47 Å². The average molecular weight is 366 g/mol. The molecule has 0 radical (unpaired) electrons. The molecular formula is C18H14N4O3S. The molecule has 0 saturated heterocycles. The van der Waals surface area contributed by atoms with Crippen LogP contribution in [0.4, 0.5) is 0 Å². The predicted molar refractivity (Wildman–Crippen MR) is 98.7 cm³/mol. The molecule has 0 N–H and O–H groups in total. The van der Waals surface area contributed by atoms with Crippen molar-refractivity contribution in [2.45, 2.75) is 0 Å². The van der Waals surface area contributed by atoms with Crippen LogP contribution in [0, 0.1) is 0 Å². The Labute approximate surface area is 152 Å². The van der Waals surface area contributed by atoms with E-state index in [1.807, 2.05) is 12.1 Å². The molecule has 0 aliphatic carbocycles. The topological polar surface area (TPSA) is 78.6 Å². The molecule has 0 fully saturated rings. The van der Waals surface area contributed by atoms with E-state index in [-0.39, 0.29) is 5.56 Å². The van der Waals surface area contributed by atoms with Gasteiger partial charge in [-0.05, 0) is 35.9 Å². The van der Waals surface area contributed by atoms with Crippen LogP contribution >= 0.6 is 11.3 Å². The van der Waals surface area contributed by atoms with Crippen molar-refractivity contribution in [1.29, 1.82) is 0 Å². The summed E-state index contributed by atoms with van der Waals surface area (Å²) in [4.78, 5) is 21.6. The average Bonchev–Trinajstić information content (AvgIpc) is 3.22. The lowest BCUT2D eigenvalue weighted by Crippen LogP contribution is -2.23. The molecule has 0 aliphatic heterocycles. The molecule has 130 valence electrons. The first-order valence-electron chi connectivity index (χ1n) is 7.73. The Morgan fingerprint density at radius 3 is 2.54 bits per heavy atom. The van der Waals surface area contributed by atoms with Crippen LogP contribution in [-0.4, -0.2) is 33.8 Å². The molecule has 4 rings (SSSR count). The van der Waals surface area contributed by atoms with Crippen LogP contribution in [-0.2, 0) is 0 Å². The van der Waals surface area contributed by atoms with Crippen LogP contribution in [0.3, 0.4) is 0 Å². The van der Waals surface area contributed by atoms with E-state index in [2.05, 4.69) is 15.1 Å². The number of fused-ring (bicyclic) bond motifs is 1. The summed E-state index contributed by atoms with van der Waals surface area (Å²) in [5.41, 5.74) is 1.45. The van der Waals surface area contributed by atoms with E-state index >= 15 is 0 Å². The van der Waals surface area contributed by atoms with Crippen LogP contribution in [0.15, 0.2) is 47.5 Å². The summed E-state index contributed by atoms with van der Waals surface area (Å²) in [5.74, 6) is 1.75. The molecule has 8 heteroatoms. The maximum absolute atomic E-state index is 12.6. The number of methoxy groups -OCH3 is 2. The molecule has 0 unspecified atom stereocenters. The number of hydrogen-bond donors (Lipinski definition) is 0. The molecule has 0 atom stereocenters. The minimum Gasteiger partial charge on any atom is -0.493 e. The van der Waals surface area contributed by atoms with Crippen molar-refractivity contribution in [1.82, 2.24) is 19.6 Å². The smallest absolute Gasteiger partial charge is 0.291 e. The van der Waals surface area contributed by atoms with Crippen molar-refractivity contribution in [3.05, 3.63) is 63.2 Å². The van der Waals surface area contributed by atoms with Crippen LogP contribution in [0.2, 0.25) is 0 Å². The van der Waals surface area contributed by atoms with Gasteiger partial charge in [-0.3, -0.25) is 9.78 Å². The zero-order chi connectivity index (χ0) is 18.1. The van der Waals surface area contributed by atoms with Crippen molar-refractivity contribution in [2.24, 2.45) is 0 Å². The number of hydrogen-bond acceptors (Lipinski definition) is 7. The fourth-order valence-corrected chi connectivity index (χ4v) is 3.46. The SMILES string of the molecule is COc1ccc(/C=c2\sc3nc(-c4ccncc4)nn3c2=O)cc1OC. The number of rotatable bonds is 4. The van der Waals surface area contributed by atoms with Crippen LogP contribution < -0.4 is 19.6 Å². The van der Waals surface area contributed by atoms with Gasteiger partial charge in [0.05, 0.1) is 18.8 Å². The summed E-state index contributed by atoms with van der Waals surface area (Å²) in [7, 11) is 3.15. The van der Waals surface area contributed by atoms with E-state index in [1.165, 1.54) is 15.9 Å². The number of nitrogens with zero attached hydrogens (tertiary/aromatic N) is 4. The third-order valence-electron chi connectivity index (χ3n) is 3.83. The highest BCUT2D eigenvalue weighted by Gasteiger charge is 2.12. The first kappa shape index (κ1) is 16.2. The highest BCUT2D eigenvalue weighted by molar-refractivity contribution is 7.15. The zero-order valence-corrected chi connectivity index (χ0v) is 14.9. The minimum atomic E-state index is -0.201. The lowest BCUT2D eigenvalue weighted by Gasteiger charge is -2.07. The van der Waals surface area contributed by atoms with Gasteiger partial charge in [0.1, 0.15) is 0 Å². The Kier molecular flexibility index (Phi) is 4.10. The van der Waals surface area contributed by atoms with E-state index in [1.54, 1.807) is 50.9 Å². The Morgan fingerprint density at radius 2 is 1.85 bits per heavy atom. The Morgan fingerprint density at radius 1 is 1.08 bits per heavy atom. The maximum Gasteiger partial charge on any atom is 0.291 e. The fraction of sp³-hybridized carbons (Fsp3) is 0.111. The third-order valence-corrected chi connectivity index (χ3v) is 4.78. The standard InChI is InChI=1S/C18H14N4O3S/c1-24-13-4-3-11(9-14(13)25-2)10-15-17(23)22-18(26-15)20-16(21-22)12-5-7-19-8-6-12/h3-10H,1-2H3/b15-10-. The fourth-order valence-electron chi connectivity index (χ4n) is 2.55. The molecular weight excluding hydrogens is 352 g/mol. The van der Waals surface area contributed by atoms with E-state index < -0.39 is 0 Å². The normalized spacial score (nSPS) is 11.8. The largest absolute Gasteiger partial charge is 0.493 e. The zero-order valence-electron chi connectivity index (χ0n) is 14.0. The van der Waals surface area contributed by atoms with E-state index in [9.17, 15) is 4.79 Å². The quantitative estimate of drug-likeness (QED) is 0.548. The Balaban J connectivity index is 1.78. The molecule has 3 heterocycles. The van der Waals surface area contributed by atoms with Gasteiger partial charge >= 0.3 is 0 Å². The molecule has 0 bridgehead atoms. The lowest BCUT2D eigenvalue weighted by atomic mass is 10.2. The second-order valence-corrected chi connectivity index (χ2v) is 6.40. The molecule has 26 heavy (non-hydrogen) atoms. The highest BCUT2D eigenvalue weighted by Crippen LogP contribution is 2.27. The second kappa shape index (κ2) is 6.57. The lowest BCUT2D eigenvalue weighted by molar-refractivity contribution is 0.355. The van der Waals surface area contributed by atoms with Gasteiger partial charge in [-0.1, -0.05) is 17.4 Å². The van der Waals surface area contributed by atoms with Crippen molar-refractivity contribution >= 4 is 22.4 Å². The van der Waals surface area contributed by atoms with Crippen LogP contribution in [0.5, 0.6) is 11.5 Å². The Hall–Kier alpha value is -3.26. The molecule has 0 saturated carbocycles. The van der Waals surface area contributed by atoms with Gasteiger partial charge in [-0.25, -0.2) is 0 Å². The number of aromatic nitrogens is 4. The summed E-state index contributed by atoms with van der Waals surface area (Å²) >= 11 is 1.29. The Bertz CT molecular complexity index is 1180. The number of benzene rings is 1. The van der Waals surface area contributed by atoms with Gasteiger partial charge in [0.15, 0.2) is 17.3 Å². The van der Waals surface area contributed by atoms with Crippen molar-refractivity contribution < 1.29 is 9.47 Å². The molecule has 3 aromatic heterocycles. The molecule has 0 amide bonds.